The third-order valence-corrected chi connectivity index (χ3v) is 4.57. The SMILES string of the molecule is Cc1ccc(CN2Cc3ccnn3[C@@H](C(=O)N3CCCCO3)C2)o1. The summed E-state index contributed by atoms with van der Waals surface area (Å²) < 4.78 is 7.52. The Morgan fingerprint density at radius 3 is 3.00 bits per heavy atom. The van der Waals surface area contributed by atoms with Gasteiger partial charge in [-0.2, -0.15) is 5.10 Å². The van der Waals surface area contributed by atoms with Gasteiger partial charge < -0.3 is 4.42 Å². The van der Waals surface area contributed by atoms with Gasteiger partial charge in [0.25, 0.3) is 5.91 Å². The van der Waals surface area contributed by atoms with E-state index in [-0.39, 0.29) is 11.9 Å². The van der Waals surface area contributed by atoms with Crippen molar-refractivity contribution >= 4 is 5.91 Å². The van der Waals surface area contributed by atoms with Gasteiger partial charge in [-0.25, -0.2) is 5.06 Å². The lowest BCUT2D eigenvalue weighted by Gasteiger charge is -2.36. The van der Waals surface area contributed by atoms with Gasteiger partial charge in [-0.05, 0) is 38.0 Å². The molecule has 0 aromatic carbocycles. The predicted molar refractivity (Wildman–Crippen MR) is 85.7 cm³/mol. The number of nitrogens with zero attached hydrogens (tertiary/aromatic N) is 4. The molecule has 0 bridgehead atoms. The Kier molecular flexibility index (Phi) is 4.12. The number of hydroxylamine groups is 2. The molecule has 128 valence electrons. The summed E-state index contributed by atoms with van der Waals surface area (Å²) in [5.74, 6) is 1.81. The predicted octanol–water partition coefficient (Wildman–Crippen LogP) is 1.90. The summed E-state index contributed by atoms with van der Waals surface area (Å²) >= 11 is 0. The third kappa shape index (κ3) is 2.97. The lowest BCUT2D eigenvalue weighted by molar-refractivity contribution is -0.201. The monoisotopic (exact) mass is 330 g/mol. The van der Waals surface area contributed by atoms with E-state index in [1.165, 1.54) is 5.06 Å². The molecule has 2 aromatic rings. The molecule has 2 aliphatic heterocycles. The Bertz CT molecular complexity index is 717. The van der Waals surface area contributed by atoms with E-state index in [0.29, 0.717) is 26.2 Å². The van der Waals surface area contributed by atoms with E-state index >= 15 is 0 Å². The highest BCUT2D eigenvalue weighted by molar-refractivity contribution is 5.80. The molecule has 2 aromatic heterocycles. The topological polar surface area (TPSA) is 63.7 Å². The van der Waals surface area contributed by atoms with Crippen LogP contribution in [0, 0.1) is 6.92 Å². The van der Waals surface area contributed by atoms with Gasteiger partial charge in [0.2, 0.25) is 0 Å². The lowest BCUT2D eigenvalue weighted by atomic mass is 10.1. The van der Waals surface area contributed by atoms with E-state index < -0.39 is 0 Å². The van der Waals surface area contributed by atoms with Crippen molar-refractivity contribution in [3.8, 4) is 0 Å². The van der Waals surface area contributed by atoms with E-state index in [1.807, 2.05) is 29.8 Å². The summed E-state index contributed by atoms with van der Waals surface area (Å²) in [5.41, 5.74) is 1.04. The second-order valence-corrected chi connectivity index (χ2v) is 6.45. The molecule has 24 heavy (non-hydrogen) atoms. The van der Waals surface area contributed by atoms with Crippen LogP contribution in [-0.4, -0.2) is 45.3 Å². The minimum Gasteiger partial charge on any atom is -0.465 e. The van der Waals surface area contributed by atoms with Crippen LogP contribution in [0.5, 0.6) is 0 Å². The average molecular weight is 330 g/mol. The molecular weight excluding hydrogens is 308 g/mol. The Labute approximate surface area is 140 Å². The van der Waals surface area contributed by atoms with Crippen LogP contribution >= 0.6 is 0 Å². The van der Waals surface area contributed by atoms with Crippen LogP contribution < -0.4 is 0 Å². The molecule has 1 fully saturated rings. The fourth-order valence-electron chi connectivity index (χ4n) is 3.39. The molecule has 0 aliphatic carbocycles. The van der Waals surface area contributed by atoms with Crippen molar-refractivity contribution in [2.45, 2.75) is 38.9 Å². The number of amides is 1. The highest BCUT2D eigenvalue weighted by Crippen LogP contribution is 2.25. The number of carbonyl (C=O) groups excluding carboxylic acids is 1. The van der Waals surface area contributed by atoms with Crippen LogP contribution in [0.3, 0.4) is 0 Å². The van der Waals surface area contributed by atoms with Crippen molar-refractivity contribution in [3.05, 3.63) is 41.6 Å². The third-order valence-electron chi connectivity index (χ3n) is 4.57. The minimum atomic E-state index is -0.349. The molecule has 7 heteroatoms. The summed E-state index contributed by atoms with van der Waals surface area (Å²) in [5, 5.41) is 5.88. The molecule has 0 N–H and O–H groups in total. The first-order chi connectivity index (χ1) is 11.7. The van der Waals surface area contributed by atoms with Gasteiger partial charge >= 0.3 is 0 Å². The van der Waals surface area contributed by atoms with Crippen molar-refractivity contribution in [2.24, 2.45) is 0 Å². The summed E-state index contributed by atoms with van der Waals surface area (Å²) in [6.07, 6.45) is 3.75. The quantitative estimate of drug-likeness (QED) is 0.860. The standard InChI is InChI=1S/C17H22N4O3/c1-13-4-5-15(24-13)11-19-10-14-6-7-18-21(14)16(12-19)17(22)20-8-2-3-9-23-20/h4-7,16H,2-3,8-12H2,1H3/t16-/m1/s1. The van der Waals surface area contributed by atoms with Gasteiger partial charge in [-0.1, -0.05) is 0 Å². The first-order valence-corrected chi connectivity index (χ1v) is 8.45. The molecule has 0 spiro atoms. The zero-order valence-corrected chi connectivity index (χ0v) is 13.9. The zero-order valence-electron chi connectivity index (χ0n) is 13.9. The van der Waals surface area contributed by atoms with Crippen LogP contribution in [0.15, 0.2) is 28.8 Å². The molecule has 2 aliphatic rings. The van der Waals surface area contributed by atoms with Crippen molar-refractivity contribution in [1.29, 1.82) is 0 Å². The molecule has 1 saturated heterocycles. The van der Waals surface area contributed by atoms with Crippen LogP contribution in [0.25, 0.3) is 0 Å². The Morgan fingerprint density at radius 1 is 1.33 bits per heavy atom. The van der Waals surface area contributed by atoms with E-state index in [1.54, 1.807) is 6.20 Å². The molecular formula is C17H22N4O3. The Morgan fingerprint density at radius 2 is 2.25 bits per heavy atom. The van der Waals surface area contributed by atoms with Gasteiger partial charge in [0.15, 0.2) is 0 Å². The summed E-state index contributed by atoms with van der Waals surface area (Å²) in [6, 6.07) is 5.58. The largest absolute Gasteiger partial charge is 0.465 e. The molecule has 0 unspecified atom stereocenters. The number of hydrogen-bond donors (Lipinski definition) is 0. The van der Waals surface area contributed by atoms with Crippen LogP contribution in [0.2, 0.25) is 0 Å². The summed E-state index contributed by atoms with van der Waals surface area (Å²) in [4.78, 5) is 20.7. The normalized spacial score (nSPS) is 21.7. The van der Waals surface area contributed by atoms with E-state index in [0.717, 1.165) is 36.6 Å². The first-order valence-electron chi connectivity index (χ1n) is 8.45. The zero-order chi connectivity index (χ0) is 16.5. The number of aryl methyl sites for hydroxylation is 1. The van der Waals surface area contributed by atoms with Crippen molar-refractivity contribution in [2.75, 3.05) is 19.7 Å². The van der Waals surface area contributed by atoms with E-state index in [2.05, 4.69) is 10.00 Å². The lowest BCUT2D eigenvalue weighted by Crippen LogP contribution is -2.47. The van der Waals surface area contributed by atoms with Gasteiger partial charge in [-0.3, -0.25) is 19.2 Å². The van der Waals surface area contributed by atoms with E-state index in [9.17, 15) is 4.79 Å². The number of carbonyl (C=O) groups is 1. The van der Waals surface area contributed by atoms with Gasteiger partial charge in [0.05, 0.1) is 18.8 Å². The average Bonchev–Trinajstić information content (AvgIpc) is 3.23. The Hall–Kier alpha value is -2.12. The number of fused-ring (bicyclic) bond motifs is 1. The number of aromatic nitrogens is 2. The van der Waals surface area contributed by atoms with Crippen molar-refractivity contribution in [1.82, 2.24) is 19.7 Å². The van der Waals surface area contributed by atoms with Gasteiger partial charge in [-0.15, -0.1) is 0 Å². The molecule has 0 radical (unpaired) electrons. The number of hydrogen-bond acceptors (Lipinski definition) is 5. The fraction of sp³-hybridized carbons (Fsp3) is 0.529. The first kappa shape index (κ1) is 15.4. The second-order valence-electron chi connectivity index (χ2n) is 6.45. The van der Waals surface area contributed by atoms with Gasteiger partial charge in [0, 0.05) is 25.8 Å². The highest BCUT2D eigenvalue weighted by atomic mass is 16.7. The minimum absolute atomic E-state index is 0.0139. The smallest absolute Gasteiger partial charge is 0.272 e. The maximum Gasteiger partial charge on any atom is 0.272 e. The second kappa shape index (κ2) is 6.41. The van der Waals surface area contributed by atoms with Crippen LogP contribution in [0.1, 0.15) is 36.1 Å². The molecule has 4 rings (SSSR count). The molecule has 4 heterocycles. The molecule has 0 saturated carbocycles. The number of furan rings is 1. The molecule has 7 nitrogen and oxygen atoms in total. The fourth-order valence-corrected chi connectivity index (χ4v) is 3.39. The van der Waals surface area contributed by atoms with Crippen molar-refractivity contribution in [3.63, 3.8) is 0 Å². The number of rotatable bonds is 3. The van der Waals surface area contributed by atoms with Crippen molar-refractivity contribution < 1.29 is 14.0 Å². The van der Waals surface area contributed by atoms with Gasteiger partial charge in [0.1, 0.15) is 17.6 Å². The molecule has 1 amide bonds. The maximum absolute atomic E-state index is 12.9. The van der Waals surface area contributed by atoms with Crippen LogP contribution in [0.4, 0.5) is 0 Å². The van der Waals surface area contributed by atoms with Crippen LogP contribution in [-0.2, 0) is 22.7 Å². The molecule has 1 atom stereocenters. The highest BCUT2D eigenvalue weighted by Gasteiger charge is 2.35. The summed E-state index contributed by atoms with van der Waals surface area (Å²) in [7, 11) is 0. The summed E-state index contributed by atoms with van der Waals surface area (Å²) in [6.45, 7) is 5.25. The maximum atomic E-state index is 12.9. The Balaban J connectivity index is 1.53. The van der Waals surface area contributed by atoms with E-state index in [4.69, 9.17) is 9.25 Å².